The highest BCUT2D eigenvalue weighted by molar-refractivity contribution is 5.95. The maximum atomic E-state index is 12.7. The molecule has 2 heterocycles. The molecule has 3 rings (SSSR count). The topological polar surface area (TPSA) is 50.8 Å². The Labute approximate surface area is 125 Å². The Bertz CT molecular complexity index is 532. The average Bonchev–Trinajstić information content (AvgIpc) is 3.00. The van der Waals surface area contributed by atoms with E-state index in [0.29, 0.717) is 23.0 Å². The van der Waals surface area contributed by atoms with Gasteiger partial charge < -0.3 is 19.7 Å². The molecule has 1 aromatic rings. The summed E-state index contributed by atoms with van der Waals surface area (Å²) in [5, 5.41) is 3.42. The molecule has 1 aromatic carbocycles. The first-order valence-electron chi connectivity index (χ1n) is 7.45. The van der Waals surface area contributed by atoms with Crippen LogP contribution in [0.25, 0.3) is 0 Å². The van der Waals surface area contributed by atoms with Crippen molar-refractivity contribution in [3.8, 4) is 11.5 Å². The molecule has 2 fully saturated rings. The van der Waals surface area contributed by atoms with Gasteiger partial charge in [0.2, 0.25) is 0 Å². The lowest BCUT2D eigenvalue weighted by atomic mass is 9.88. The summed E-state index contributed by atoms with van der Waals surface area (Å²) < 4.78 is 10.5. The van der Waals surface area contributed by atoms with Crippen LogP contribution in [0.4, 0.5) is 0 Å². The standard InChI is InChI=1S/C16H22N2O3/c1-20-14-4-3-11(7-15(14)21-2)16(19)18-6-5-12-8-17-9-13(12)10-18/h3-4,7,12-13,17H,5-6,8-10H2,1-2H3. The first kappa shape index (κ1) is 14.2. The number of benzene rings is 1. The number of piperidine rings is 1. The lowest BCUT2D eigenvalue weighted by Gasteiger charge is -2.34. The number of nitrogens with one attached hydrogen (secondary N) is 1. The third-order valence-corrected chi connectivity index (χ3v) is 4.62. The quantitative estimate of drug-likeness (QED) is 0.914. The van der Waals surface area contributed by atoms with Crippen LogP contribution in [-0.4, -0.2) is 51.2 Å². The zero-order chi connectivity index (χ0) is 14.8. The molecule has 0 radical (unpaired) electrons. The van der Waals surface area contributed by atoms with Crippen LogP contribution in [0.5, 0.6) is 11.5 Å². The maximum Gasteiger partial charge on any atom is 0.254 e. The predicted molar refractivity (Wildman–Crippen MR) is 79.9 cm³/mol. The first-order valence-corrected chi connectivity index (χ1v) is 7.45. The minimum atomic E-state index is 0.0845. The third-order valence-electron chi connectivity index (χ3n) is 4.62. The Balaban J connectivity index is 1.75. The van der Waals surface area contributed by atoms with Gasteiger partial charge in [-0.1, -0.05) is 0 Å². The second-order valence-electron chi connectivity index (χ2n) is 5.79. The summed E-state index contributed by atoms with van der Waals surface area (Å²) in [5.74, 6) is 2.66. The SMILES string of the molecule is COc1ccc(C(=O)N2CCC3CNCC3C2)cc1OC. The van der Waals surface area contributed by atoms with Crippen molar-refractivity contribution in [1.82, 2.24) is 10.2 Å². The van der Waals surface area contributed by atoms with Gasteiger partial charge in [-0.05, 0) is 49.5 Å². The molecule has 2 aliphatic rings. The molecule has 0 spiro atoms. The van der Waals surface area contributed by atoms with Gasteiger partial charge >= 0.3 is 0 Å². The molecule has 2 atom stereocenters. The van der Waals surface area contributed by atoms with Crippen molar-refractivity contribution >= 4 is 5.91 Å². The fourth-order valence-corrected chi connectivity index (χ4v) is 3.37. The van der Waals surface area contributed by atoms with E-state index in [4.69, 9.17) is 9.47 Å². The first-order chi connectivity index (χ1) is 10.2. The van der Waals surface area contributed by atoms with Gasteiger partial charge in [-0.2, -0.15) is 0 Å². The monoisotopic (exact) mass is 290 g/mol. The van der Waals surface area contributed by atoms with Gasteiger partial charge in [0.05, 0.1) is 14.2 Å². The summed E-state index contributed by atoms with van der Waals surface area (Å²) in [6.45, 7) is 3.82. The summed E-state index contributed by atoms with van der Waals surface area (Å²) in [4.78, 5) is 14.6. The van der Waals surface area contributed by atoms with E-state index in [0.717, 1.165) is 38.5 Å². The van der Waals surface area contributed by atoms with E-state index in [-0.39, 0.29) is 5.91 Å². The van der Waals surface area contributed by atoms with Crippen molar-refractivity contribution in [2.24, 2.45) is 11.8 Å². The van der Waals surface area contributed by atoms with E-state index in [1.165, 1.54) is 0 Å². The Morgan fingerprint density at radius 3 is 2.71 bits per heavy atom. The van der Waals surface area contributed by atoms with Crippen LogP contribution in [0.1, 0.15) is 16.8 Å². The Morgan fingerprint density at radius 1 is 1.19 bits per heavy atom. The zero-order valence-electron chi connectivity index (χ0n) is 12.6. The lowest BCUT2D eigenvalue weighted by molar-refractivity contribution is 0.0642. The number of hydrogen-bond donors (Lipinski definition) is 1. The van der Waals surface area contributed by atoms with Crippen molar-refractivity contribution in [2.45, 2.75) is 6.42 Å². The van der Waals surface area contributed by atoms with Crippen LogP contribution in [0, 0.1) is 11.8 Å². The highest BCUT2D eigenvalue weighted by Gasteiger charge is 2.34. The van der Waals surface area contributed by atoms with E-state index >= 15 is 0 Å². The third kappa shape index (κ3) is 2.70. The van der Waals surface area contributed by atoms with Crippen LogP contribution in [0.2, 0.25) is 0 Å². The number of amides is 1. The number of carbonyl (C=O) groups excluding carboxylic acids is 1. The van der Waals surface area contributed by atoms with Crippen LogP contribution in [0.15, 0.2) is 18.2 Å². The highest BCUT2D eigenvalue weighted by Crippen LogP contribution is 2.30. The summed E-state index contributed by atoms with van der Waals surface area (Å²) in [6, 6.07) is 5.36. The fraction of sp³-hybridized carbons (Fsp3) is 0.562. The smallest absolute Gasteiger partial charge is 0.254 e. The average molecular weight is 290 g/mol. The highest BCUT2D eigenvalue weighted by atomic mass is 16.5. The molecule has 0 saturated carbocycles. The van der Waals surface area contributed by atoms with Crippen LogP contribution < -0.4 is 14.8 Å². The second-order valence-corrected chi connectivity index (χ2v) is 5.79. The van der Waals surface area contributed by atoms with Gasteiger partial charge in [0, 0.05) is 18.7 Å². The lowest BCUT2D eigenvalue weighted by Crippen LogP contribution is -2.43. The van der Waals surface area contributed by atoms with E-state index in [1.807, 2.05) is 11.0 Å². The van der Waals surface area contributed by atoms with Crippen LogP contribution >= 0.6 is 0 Å². The van der Waals surface area contributed by atoms with Crippen molar-refractivity contribution in [2.75, 3.05) is 40.4 Å². The Morgan fingerprint density at radius 2 is 1.95 bits per heavy atom. The summed E-state index contributed by atoms with van der Waals surface area (Å²) >= 11 is 0. The number of carbonyl (C=O) groups is 1. The molecule has 0 aliphatic carbocycles. The van der Waals surface area contributed by atoms with Crippen molar-refractivity contribution in [3.63, 3.8) is 0 Å². The molecular weight excluding hydrogens is 268 g/mol. The number of likely N-dealkylation sites (tertiary alicyclic amines) is 1. The van der Waals surface area contributed by atoms with Crippen LogP contribution in [-0.2, 0) is 0 Å². The number of ether oxygens (including phenoxy) is 2. The summed E-state index contributed by atoms with van der Waals surface area (Å²) in [6.07, 6.45) is 1.09. The second kappa shape index (κ2) is 5.93. The van der Waals surface area contributed by atoms with Gasteiger partial charge in [-0.3, -0.25) is 4.79 Å². The fourth-order valence-electron chi connectivity index (χ4n) is 3.37. The molecular formula is C16H22N2O3. The molecule has 0 aromatic heterocycles. The Hall–Kier alpha value is -1.75. The van der Waals surface area contributed by atoms with Crippen LogP contribution in [0.3, 0.4) is 0 Å². The molecule has 2 aliphatic heterocycles. The molecule has 21 heavy (non-hydrogen) atoms. The number of fused-ring (bicyclic) bond motifs is 1. The van der Waals surface area contributed by atoms with E-state index in [9.17, 15) is 4.79 Å². The number of nitrogens with zero attached hydrogens (tertiary/aromatic N) is 1. The van der Waals surface area contributed by atoms with E-state index in [2.05, 4.69) is 5.32 Å². The minimum Gasteiger partial charge on any atom is -0.493 e. The van der Waals surface area contributed by atoms with Crippen molar-refractivity contribution in [3.05, 3.63) is 23.8 Å². The van der Waals surface area contributed by atoms with Crippen molar-refractivity contribution < 1.29 is 14.3 Å². The van der Waals surface area contributed by atoms with Crippen molar-refractivity contribution in [1.29, 1.82) is 0 Å². The number of methoxy groups -OCH3 is 2. The number of rotatable bonds is 3. The minimum absolute atomic E-state index is 0.0845. The number of hydrogen-bond acceptors (Lipinski definition) is 4. The molecule has 2 saturated heterocycles. The molecule has 0 bridgehead atoms. The summed E-state index contributed by atoms with van der Waals surface area (Å²) in [7, 11) is 3.18. The molecule has 2 unspecified atom stereocenters. The van der Waals surface area contributed by atoms with Gasteiger partial charge in [-0.15, -0.1) is 0 Å². The molecule has 1 N–H and O–H groups in total. The van der Waals surface area contributed by atoms with Gasteiger partial charge in [0.25, 0.3) is 5.91 Å². The molecule has 114 valence electrons. The van der Waals surface area contributed by atoms with E-state index in [1.54, 1.807) is 26.4 Å². The predicted octanol–water partition coefficient (Wildman–Crippen LogP) is 1.39. The van der Waals surface area contributed by atoms with Gasteiger partial charge in [0.15, 0.2) is 11.5 Å². The summed E-state index contributed by atoms with van der Waals surface area (Å²) in [5.41, 5.74) is 0.664. The Kier molecular flexibility index (Phi) is 4.01. The largest absolute Gasteiger partial charge is 0.493 e. The zero-order valence-corrected chi connectivity index (χ0v) is 12.6. The van der Waals surface area contributed by atoms with E-state index < -0.39 is 0 Å². The van der Waals surface area contributed by atoms with Gasteiger partial charge in [-0.25, -0.2) is 0 Å². The van der Waals surface area contributed by atoms with Gasteiger partial charge in [0.1, 0.15) is 0 Å². The molecule has 1 amide bonds. The molecule has 5 heteroatoms. The molecule has 5 nitrogen and oxygen atoms in total. The maximum absolute atomic E-state index is 12.7. The normalized spacial score (nSPS) is 24.6.